The van der Waals surface area contributed by atoms with Gasteiger partial charge in [-0.15, -0.1) is 16.9 Å². The van der Waals surface area contributed by atoms with Crippen molar-refractivity contribution in [2.24, 2.45) is 5.10 Å². The number of nitrogens with zero attached hydrogens (tertiary/aromatic N) is 3. The van der Waals surface area contributed by atoms with Crippen molar-refractivity contribution in [3.8, 4) is 0 Å². The van der Waals surface area contributed by atoms with Gasteiger partial charge in [0.2, 0.25) is 18.0 Å². The molecule has 25 heavy (non-hydrogen) atoms. The number of hydrazone groups is 1. The van der Waals surface area contributed by atoms with Crippen molar-refractivity contribution in [3.05, 3.63) is 69.8 Å². The maximum Gasteiger partial charge on any atom is 0.270 e. The molecule has 0 N–H and O–H groups in total. The fraction of sp³-hybridized carbons (Fsp3) is 0.176. The minimum atomic E-state index is -0.692. The SMILES string of the molecule is CSc1ccc([C@@H]2OC(c3cccc([N+](=O)[O-])c3)=NN2C(C)=O)cc1. The van der Waals surface area contributed by atoms with Crippen molar-refractivity contribution < 1.29 is 14.5 Å². The molecule has 0 radical (unpaired) electrons. The number of nitro benzene ring substituents is 1. The number of amides is 1. The topological polar surface area (TPSA) is 85.0 Å². The van der Waals surface area contributed by atoms with E-state index >= 15 is 0 Å². The highest BCUT2D eigenvalue weighted by Gasteiger charge is 2.33. The van der Waals surface area contributed by atoms with Crippen molar-refractivity contribution >= 4 is 29.3 Å². The monoisotopic (exact) mass is 357 g/mol. The summed E-state index contributed by atoms with van der Waals surface area (Å²) in [6.07, 6.45) is 1.29. The lowest BCUT2D eigenvalue weighted by Gasteiger charge is -2.19. The van der Waals surface area contributed by atoms with E-state index in [9.17, 15) is 14.9 Å². The third-order valence-electron chi connectivity index (χ3n) is 3.67. The molecule has 0 unspecified atom stereocenters. The van der Waals surface area contributed by atoms with E-state index in [1.807, 2.05) is 30.5 Å². The standard InChI is InChI=1S/C17H15N3O4S/c1-11(21)19-17(12-6-8-15(25-2)9-7-12)24-16(18-19)13-4-3-5-14(10-13)20(22)23/h3-10,17H,1-2H3/t17-/m0/s1. The number of carbonyl (C=O) groups is 1. The molecule has 1 heterocycles. The molecule has 1 amide bonds. The molecular weight excluding hydrogens is 342 g/mol. The van der Waals surface area contributed by atoms with Crippen molar-refractivity contribution in [2.75, 3.05) is 6.26 Å². The number of benzene rings is 2. The van der Waals surface area contributed by atoms with Gasteiger partial charge in [-0.2, -0.15) is 5.01 Å². The third-order valence-corrected chi connectivity index (χ3v) is 4.42. The van der Waals surface area contributed by atoms with Crippen LogP contribution in [0.4, 0.5) is 5.69 Å². The lowest BCUT2D eigenvalue weighted by atomic mass is 10.2. The zero-order valence-electron chi connectivity index (χ0n) is 13.6. The van der Waals surface area contributed by atoms with E-state index < -0.39 is 11.2 Å². The van der Waals surface area contributed by atoms with E-state index in [2.05, 4.69) is 5.10 Å². The Morgan fingerprint density at radius 2 is 2.00 bits per heavy atom. The molecular formula is C17H15N3O4S. The summed E-state index contributed by atoms with van der Waals surface area (Å²) < 4.78 is 5.84. The fourth-order valence-corrected chi connectivity index (χ4v) is 2.83. The van der Waals surface area contributed by atoms with Gasteiger partial charge in [0.25, 0.3) is 5.69 Å². The lowest BCUT2D eigenvalue weighted by Crippen LogP contribution is -2.25. The molecule has 0 saturated carbocycles. The summed E-state index contributed by atoms with van der Waals surface area (Å²) in [5, 5.41) is 16.4. The summed E-state index contributed by atoms with van der Waals surface area (Å²) in [6.45, 7) is 1.40. The van der Waals surface area contributed by atoms with Crippen molar-refractivity contribution in [3.63, 3.8) is 0 Å². The van der Waals surface area contributed by atoms with Crippen LogP contribution in [0.1, 0.15) is 24.3 Å². The highest BCUT2D eigenvalue weighted by molar-refractivity contribution is 7.98. The quantitative estimate of drug-likeness (QED) is 0.474. The van der Waals surface area contributed by atoms with Crippen LogP contribution in [-0.4, -0.2) is 28.0 Å². The molecule has 0 fully saturated rings. The number of non-ortho nitro benzene ring substituents is 1. The summed E-state index contributed by atoms with van der Waals surface area (Å²) in [5.41, 5.74) is 1.16. The Balaban J connectivity index is 1.92. The van der Waals surface area contributed by atoms with Crippen LogP contribution in [0, 0.1) is 10.1 Å². The molecule has 0 aromatic heterocycles. The molecule has 2 aromatic carbocycles. The van der Waals surface area contributed by atoms with E-state index in [1.165, 1.54) is 24.1 Å². The van der Waals surface area contributed by atoms with Gasteiger partial charge in [0.1, 0.15) is 0 Å². The molecule has 0 aliphatic carbocycles. The summed E-state index contributed by atoms with van der Waals surface area (Å²) in [5.74, 6) is -0.0998. The van der Waals surface area contributed by atoms with E-state index in [4.69, 9.17) is 4.74 Å². The van der Waals surface area contributed by atoms with Crippen molar-refractivity contribution in [1.82, 2.24) is 5.01 Å². The first kappa shape index (κ1) is 17.0. The maximum atomic E-state index is 11.9. The van der Waals surface area contributed by atoms with Crippen LogP contribution in [0.3, 0.4) is 0 Å². The average molecular weight is 357 g/mol. The smallest absolute Gasteiger partial charge is 0.270 e. The predicted molar refractivity (Wildman–Crippen MR) is 94.2 cm³/mol. The molecule has 1 atom stereocenters. The number of ether oxygens (including phenoxy) is 1. The second kappa shape index (κ2) is 6.94. The summed E-state index contributed by atoms with van der Waals surface area (Å²) >= 11 is 1.62. The predicted octanol–water partition coefficient (Wildman–Crippen LogP) is 3.56. The molecule has 3 rings (SSSR count). The summed E-state index contributed by atoms with van der Waals surface area (Å²) in [4.78, 5) is 23.5. The molecule has 2 aromatic rings. The van der Waals surface area contributed by atoms with E-state index in [0.29, 0.717) is 5.56 Å². The Morgan fingerprint density at radius 3 is 2.60 bits per heavy atom. The van der Waals surface area contributed by atoms with Crippen molar-refractivity contribution in [1.29, 1.82) is 0 Å². The van der Waals surface area contributed by atoms with E-state index in [-0.39, 0.29) is 17.5 Å². The molecule has 1 aliphatic heterocycles. The van der Waals surface area contributed by atoms with Crippen molar-refractivity contribution in [2.45, 2.75) is 18.0 Å². The van der Waals surface area contributed by atoms with Crippen LogP contribution in [0.5, 0.6) is 0 Å². The zero-order valence-corrected chi connectivity index (χ0v) is 14.4. The first-order chi connectivity index (χ1) is 12.0. The number of nitro groups is 1. The molecule has 1 aliphatic rings. The minimum absolute atomic E-state index is 0.0639. The van der Waals surface area contributed by atoms with Gasteiger partial charge in [-0.3, -0.25) is 14.9 Å². The Kier molecular flexibility index (Phi) is 4.71. The van der Waals surface area contributed by atoms with E-state index in [1.54, 1.807) is 23.9 Å². The molecule has 0 bridgehead atoms. The zero-order chi connectivity index (χ0) is 18.0. The van der Waals surface area contributed by atoms with Gasteiger partial charge in [0.15, 0.2) is 0 Å². The fourth-order valence-electron chi connectivity index (χ4n) is 2.42. The van der Waals surface area contributed by atoms with Gasteiger partial charge >= 0.3 is 0 Å². The molecule has 0 saturated heterocycles. The number of hydrogen-bond acceptors (Lipinski definition) is 6. The third kappa shape index (κ3) is 3.48. The normalized spacial score (nSPS) is 16.3. The van der Waals surface area contributed by atoms with Crippen LogP contribution in [-0.2, 0) is 9.53 Å². The first-order valence-electron chi connectivity index (χ1n) is 7.43. The molecule has 7 nitrogen and oxygen atoms in total. The van der Waals surface area contributed by atoms with Crippen LogP contribution in [0.25, 0.3) is 0 Å². The molecule has 0 spiro atoms. The Bertz CT molecular complexity index is 851. The van der Waals surface area contributed by atoms with E-state index in [0.717, 1.165) is 10.5 Å². The number of thioether (sulfide) groups is 1. The van der Waals surface area contributed by atoms with Gasteiger partial charge in [0, 0.05) is 35.1 Å². The Hall–Kier alpha value is -2.87. The highest BCUT2D eigenvalue weighted by atomic mass is 32.2. The minimum Gasteiger partial charge on any atom is -0.446 e. The first-order valence-corrected chi connectivity index (χ1v) is 8.66. The Morgan fingerprint density at radius 1 is 1.28 bits per heavy atom. The molecule has 128 valence electrons. The van der Waals surface area contributed by atoms with Gasteiger partial charge in [0.05, 0.1) is 4.92 Å². The number of rotatable bonds is 4. The molecule has 8 heteroatoms. The lowest BCUT2D eigenvalue weighted by molar-refractivity contribution is -0.384. The largest absolute Gasteiger partial charge is 0.446 e. The highest BCUT2D eigenvalue weighted by Crippen LogP contribution is 2.31. The average Bonchev–Trinajstić information content (AvgIpc) is 3.07. The van der Waals surface area contributed by atoms with Gasteiger partial charge in [-0.25, -0.2) is 0 Å². The Labute approximate surface area is 148 Å². The van der Waals surface area contributed by atoms with Gasteiger partial charge in [-0.05, 0) is 24.5 Å². The maximum absolute atomic E-state index is 11.9. The second-order valence-electron chi connectivity index (χ2n) is 5.32. The summed E-state index contributed by atoms with van der Waals surface area (Å²) in [6, 6.07) is 13.6. The second-order valence-corrected chi connectivity index (χ2v) is 6.20. The number of hydrogen-bond donors (Lipinski definition) is 0. The van der Waals surface area contributed by atoms with Crippen LogP contribution in [0.2, 0.25) is 0 Å². The van der Waals surface area contributed by atoms with Crippen LogP contribution < -0.4 is 0 Å². The summed E-state index contributed by atoms with van der Waals surface area (Å²) in [7, 11) is 0. The van der Waals surface area contributed by atoms with Crippen LogP contribution >= 0.6 is 11.8 Å². The number of carbonyl (C=O) groups excluding carboxylic acids is 1. The van der Waals surface area contributed by atoms with Gasteiger partial charge in [-0.1, -0.05) is 18.2 Å². The van der Waals surface area contributed by atoms with Gasteiger partial charge < -0.3 is 4.74 Å². The van der Waals surface area contributed by atoms with Crippen LogP contribution in [0.15, 0.2) is 58.5 Å².